The molecule has 4 rings (SSSR count). The molecule has 0 radical (unpaired) electrons. The number of rotatable bonds is 7. The molecule has 0 saturated carbocycles. The van der Waals surface area contributed by atoms with E-state index in [1.165, 1.54) is 31.0 Å². The summed E-state index contributed by atoms with van der Waals surface area (Å²) in [5, 5.41) is 9.48. The van der Waals surface area contributed by atoms with Gasteiger partial charge in [0, 0.05) is 18.4 Å². The number of anilines is 1. The van der Waals surface area contributed by atoms with Crippen molar-refractivity contribution in [2.45, 2.75) is 43.1 Å². The summed E-state index contributed by atoms with van der Waals surface area (Å²) in [4.78, 5) is 17.2. The van der Waals surface area contributed by atoms with Crippen molar-refractivity contribution in [1.82, 2.24) is 19.7 Å². The van der Waals surface area contributed by atoms with Crippen molar-refractivity contribution in [3.63, 3.8) is 0 Å². The Morgan fingerprint density at radius 1 is 1.00 bits per heavy atom. The summed E-state index contributed by atoms with van der Waals surface area (Å²) in [6.07, 6.45) is 3.77. The van der Waals surface area contributed by atoms with Crippen LogP contribution >= 0.6 is 11.8 Å². The van der Waals surface area contributed by atoms with Gasteiger partial charge >= 0.3 is 0 Å². The summed E-state index contributed by atoms with van der Waals surface area (Å²) < 4.78 is 2.10. The molecule has 7 heteroatoms. The van der Waals surface area contributed by atoms with Gasteiger partial charge in [-0.2, -0.15) is 0 Å². The van der Waals surface area contributed by atoms with Crippen LogP contribution in [0.5, 0.6) is 0 Å². The van der Waals surface area contributed by atoms with Crippen LogP contribution < -0.4 is 4.90 Å². The first kappa shape index (κ1) is 21.6. The number of para-hydroxylation sites is 2. The van der Waals surface area contributed by atoms with Crippen LogP contribution in [-0.4, -0.2) is 51.0 Å². The topological polar surface area (TPSA) is 54.3 Å². The minimum Gasteiger partial charge on any atom is -0.315 e. The van der Waals surface area contributed by atoms with E-state index in [2.05, 4.69) is 31.8 Å². The van der Waals surface area contributed by atoms with Gasteiger partial charge in [0.2, 0.25) is 5.91 Å². The van der Waals surface area contributed by atoms with E-state index < -0.39 is 0 Å². The predicted molar refractivity (Wildman–Crippen MR) is 126 cm³/mol. The zero-order valence-electron chi connectivity index (χ0n) is 18.1. The van der Waals surface area contributed by atoms with Gasteiger partial charge in [-0.1, -0.05) is 54.6 Å². The third kappa shape index (κ3) is 5.17. The normalized spacial score (nSPS) is 15.5. The highest BCUT2D eigenvalue weighted by Crippen LogP contribution is 2.28. The van der Waals surface area contributed by atoms with Gasteiger partial charge in [0.1, 0.15) is 0 Å². The van der Waals surface area contributed by atoms with Crippen LogP contribution in [0.2, 0.25) is 0 Å². The fraction of sp³-hybridized carbons (Fsp3) is 0.375. The number of likely N-dealkylation sites (tertiary alicyclic amines) is 1. The van der Waals surface area contributed by atoms with Crippen molar-refractivity contribution in [2.24, 2.45) is 0 Å². The summed E-state index contributed by atoms with van der Waals surface area (Å²) in [6.45, 7) is 4.90. The Bertz CT molecular complexity index is 986. The van der Waals surface area contributed by atoms with Gasteiger partial charge in [0.25, 0.3) is 0 Å². The fourth-order valence-corrected chi connectivity index (χ4v) is 4.87. The monoisotopic (exact) mass is 435 g/mol. The van der Waals surface area contributed by atoms with E-state index in [1.807, 2.05) is 62.5 Å². The van der Waals surface area contributed by atoms with Gasteiger partial charge in [-0.05, 0) is 57.1 Å². The second kappa shape index (κ2) is 10.1. The molecule has 1 amide bonds. The molecule has 2 heterocycles. The molecule has 1 aromatic heterocycles. The van der Waals surface area contributed by atoms with E-state index in [4.69, 9.17) is 0 Å². The van der Waals surface area contributed by atoms with E-state index in [0.29, 0.717) is 0 Å². The van der Waals surface area contributed by atoms with Crippen molar-refractivity contribution in [1.29, 1.82) is 0 Å². The van der Waals surface area contributed by atoms with Gasteiger partial charge in [-0.3, -0.25) is 14.3 Å². The Kier molecular flexibility index (Phi) is 7.04. The minimum absolute atomic E-state index is 0.0383. The molecule has 162 valence electrons. The molecule has 1 fully saturated rings. The molecule has 31 heavy (non-hydrogen) atoms. The van der Waals surface area contributed by atoms with Crippen molar-refractivity contribution < 1.29 is 4.79 Å². The van der Waals surface area contributed by atoms with Gasteiger partial charge in [-0.25, -0.2) is 0 Å². The second-order valence-corrected chi connectivity index (χ2v) is 9.21. The van der Waals surface area contributed by atoms with Crippen LogP contribution in [0.15, 0.2) is 65.8 Å². The number of carbonyl (C=O) groups excluding carboxylic acids is 1. The summed E-state index contributed by atoms with van der Waals surface area (Å²) in [7, 11) is 1.82. The number of hydrogen-bond acceptors (Lipinski definition) is 5. The van der Waals surface area contributed by atoms with E-state index in [1.54, 1.807) is 4.90 Å². The fourth-order valence-electron chi connectivity index (χ4n) is 3.89. The number of hydrogen-bond donors (Lipinski definition) is 0. The molecule has 0 N–H and O–H groups in total. The summed E-state index contributed by atoms with van der Waals surface area (Å²) in [5.41, 5.74) is 1.91. The van der Waals surface area contributed by atoms with Crippen molar-refractivity contribution >= 4 is 23.4 Å². The maximum Gasteiger partial charge on any atom is 0.240 e. The molecule has 3 aromatic rings. The number of aromatic nitrogens is 3. The lowest BCUT2D eigenvalue weighted by Gasteiger charge is -2.26. The zero-order chi connectivity index (χ0) is 21.6. The Morgan fingerprint density at radius 3 is 2.32 bits per heavy atom. The molecule has 0 spiro atoms. The zero-order valence-corrected chi connectivity index (χ0v) is 19.0. The van der Waals surface area contributed by atoms with E-state index >= 15 is 0 Å². The first-order valence-corrected chi connectivity index (χ1v) is 11.7. The molecular weight excluding hydrogens is 406 g/mol. The Labute approximate surface area is 188 Å². The average molecular weight is 436 g/mol. The standard InChI is InChI=1S/C24H29N5OS/c1-19(23(30)27(2)20-12-6-3-7-13-20)31-24-26-25-22(18-28-16-10-5-11-17-28)29(24)21-14-8-4-9-15-21/h3-4,6-9,12-15,19H,5,10-11,16-18H2,1-2H3. The van der Waals surface area contributed by atoms with Gasteiger partial charge in [0.15, 0.2) is 11.0 Å². The third-order valence-corrected chi connectivity index (χ3v) is 6.66. The van der Waals surface area contributed by atoms with E-state index in [0.717, 1.165) is 42.0 Å². The Hall–Kier alpha value is -2.64. The molecule has 6 nitrogen and oxygen atoms in total. The molecular formula is C24H29N5OS. The smallest absolute Gasteiger partial charge is 0.240 e. The molecule has 0 bridgehead atoms. The quantitative estimate of drug-likeness (QED) is 0.515. The second-order valence-electron chi connectivity index (χ2n) is 7.90. The van der Waals surface area contributed by atoms with Gasteiger partial charge in [0.05, 0.1) is 11.8 Å². The third-order valence-electron chi connectivity index (χ3n) is 5.63. The Balaban J connectivity index is 1.56. The highest BCUT2D eigenvalue weighted by molar-refractivity contribution is 8.00. The lowest BCUT2D eigenvalue weighted by Crippen LogP contribution is -2.33. The van der Waals surface area contributed by atoms with Gasteiger partial charge in [-0.15, -0.1) is 10.2 Å². The van der Waals surface area contributed by atoms with Gasteiger partial charge < -0.3 is 4.90 Å². The van der Waals surface area contributed by atoms with Crippen molar-refractivity contribution in [2.75, 3.05) is 25.0 Å². The van der Waals surface area contributed by atoms with Crippen LogP contribution in [0.4, 0.5) is 5.69 Å². The summed E-state index contributed by atoms with van der Waals surface area (Å²) in [5.74, 6) is 0.961. The molecule has 1 aliphatic rings. The highest BCUT2D eigenvalue weighted by Gasteiger charge is 2.25. The number of piperidine rings is 1. The lowest BCUT2D eigenvalue weighted by molar-refractivity contribution is -0.117. The number of carbonyl (C=O) groups is 1. The van der Waals surface area contributed by atoms with Crippen LogP contribution in [0, 0.1) is 0 Å². The van der Waals surface area contributed by atoms with Crippen molar-refractivity contribution in [3.8, 4) is 5.69 Å². The van der Waals surface area contributed by atoms with Crippen LogP contribution in [0.3, 0.4) is 0 Å². The van der Waals surface area contributed by atoms with Crippen LogP contribution in [0.1, 0.15) is 32.0 Å². The average Bonchev–Trinajstić information content (AvgIpc) is 3.21. The largest absolute Gasteiger partial charge is 0.315 e. The van der Waals surface area contributed by atoms with Crippen LogP contribution in [-0.2, 0) is 11.3 Å². The Morgan fingerprint density at radius 2 is 1.65 bits per heavy atom. The van der Waals surface area contributed by atoms with E-state index in [-0.39, 0.29) is 11.2 Å². The highest BCUT2D eigenvalue weighted by atomic mass is 32.2. The first-order chi connectivity index (χ1) is 15.1. The maximum atomic E-state index is 13.1. The molecule has 0 aliphatic carbocycles. The lowest BCUT2D eigenvalue weighted by atomic mass is 10.1. The molecule has 2 aromatic carbocycles. The molecule has 1 atom stereocenters. The number of benzene rings is 2. The minimum atomic E-state index is -0.292. The first-order valence-electron chi connectivity index (χ1n) is 10.8. The van der Waals surface area contributed by atoms with E-state index in [9.17, 15) is 4.79 Å². The summed E-state index contributed by atoms with van der Waals surface area (Å²) >= 11 is 1.46. The summed E-state index contributed by atoms with van der Waals surface area (Å²) in [6, 6.07) is 19.9. The molecule has 1 aliphatic heterocycles. The number of nitrogens with zero attached hydrogens (tertiary/aromatic N) is 5. The number of thioether (sulfide) groups is 1. The SMILES string of the molecule is CC(Sc1nnc(CN2CCCCC2)n1-c1ccccc1)C(=O)N(C)c1ccccc1. The predicted octanol–water partition coefficient (Wildman–Crippen LogP) is 4.40. The van der Waals surface area contributed by atoms with Crippen molar-refractivity contribution in [3.05, 3.63) is 66.5 Å². The maximum absolute atomic E-state index is 13.1. The van der Waals surface area contributed by atoms with Crippen LogP contribution in [0.25, 0.3) is 5.69 Å². The molecule has 1 saturated heterocycles. The molecule has 1 unspecified atom stereocenters. The number of amides is 1.